The Bertz CT molecular complexity index is 43.9. The maximum absolute atomic E-state index is 2.27. The molecule has 0 saturated carbocycles. The predicted molar refractivity (Wildman–Crippen MR) is 81.7 cm³/mol. The molecule has 0 amide bonds. The summed E-state index contributed by atoms with van der Waals surface area (Å²) in [5.41, 5.74) is 0. The third-order valence-corrected chi connectivity index (χ3v) is 0. The molecule has 0 atom stereocenters. The average molecular weight is 353 g/mol. The molecule has 0 aliphatic rings. The van der Waals surface area contributed by atoms with E-state index in [1.165, 1.54) is 0 Å². The molecular formula is C10H30Si3Sn. The summed E-state index contributed by atoms with van der Waals surface area (Å²) in [6, 6.07) is 0. The molecule has 0 rings (SSSR count). The van der Waals surface area contributed by atoms with E-state index in [-0.39, 0.29) is 26.4 Å². The fourth-order valence-corrected chi connectivity index (χ4v) is 0. The molecule has 0 aromatic carbocycles. The van der Waals surface area contributed by atoms with Gasteiger partial charge in [-0.25, -0.2) is 0 Å². The molecule has 6 radical (unpaired) electrons. The number of rotatable bonds is 0. The Hall–Kier alpha value is 1.45. The molecule has 0 fully saturated rings. The molecule has 0 aromatic heterocycles. The van der Waals surface area contributed by atoms with Crippen molar-refractivity contribution in [2.24, 2.45) is 0 Å². The van der Waals surface area contributed by atoms with Crippen LogP contribution in [-0.4, -0.2) is 48.9 Å². The molecule has 0 N–H and O–H groups in total. The average Bonchev–Trinajstić information content (AvgIpc) is 1.86. The Labute approximate surface area is 112 Å². The Morgan fingerprint density at radius 2 is 0.429 bits per heavy atom. The second-order valence-electron chi connectivity index (χ2n) is 4.50. The predicted octanol–water partition coefficient (Wildman–Crippen LogP) is 4.31. The van der Waals surface area contributed by atoms with Crippen LogP contribution in [0, 0.1) is 0 Å². The van der Waals surface area contributed by atoms with Gasteiger partial charge in [-0.3, -0.25) is 0 Å². The van der Waals surface area contributed by atoms with Crippen LogP contribution >= 0.6 is 0 Å². The van der Waals surface area contributed by atoms with Gasteiger partial charge in [-0.1, -0.05) is 58.9 Å². The van der Waals surface area contributed by atoms with Crippen LogP contribution in [-0.2, 0) is 0 Å². The van der Waals surface area contributed by atoms with Crippen molar-refractivity contribution in [3.63, 3.8) is 0 Å². The van der Waals surface area contributed by atoms with Gasteiger partial charge in [-0.05, 0) is 0 Å². The van der Waals surface area contributed by atoms with E-state index in [9.17, 15) is 0 Å². The fourth-order valence-electron chi connectivity index (χ4n) is 0. The summed E-state index contributed by atoms with van der Waals surface area (Å²) in [5.74, 6) is 0. The Kier molecular flexibility index (Phi) is 42.1. The first-order valence-electron chi connectivity index (χ1n) is 5.00. The van der Waals surface area contributed by atoms with E-state index in [1.807, 2.05) is 0 Å². The van der Waals surface area contributed by atoms with E-state index in [0.29, 0.717) is 0 Å². The second-order valence-corrected chi connectivity index (χ2v) is 13.5. The van der Waals surface area contributed by atoms with Crippen LogP contribution in [0.4, 0.5) is 0 Å². The zero-order valence-electron chi connectivity index (χ0n) is 12.0. The Balaban J connectivity index is -0.0000000492. The van der Waals surface area contributed by atoms with E-state index >= 15 is 0 Å². The fraction of sp³-hybridized carbons (Fsp3) is 1.00. The number of hydrogen-bond donors (Lipinski definition) is 0. The molecule has 0 aliphatic carbocycles. The van der Waals surface area contributed by atoms with Gasteiger partial charge in [-0.2, -0.15) is 0 Å². The molecular weight excluding hydrogens is 323 g/mol. The topological polar surface area (TPSA) is 0 Å². The van der Waals surface area contributed by atoms with Crippen LogP contribution in [0.2, 0.25) is 63.9 Å². The van der Waals surface area contributed by atoms with Gasteiger partial charge in [0.1, 0.15) is 0 Å². The van der Waals surface area contributed by atoms with Gasteiger partial charge < -0.3 is 0 Å². The quantitative estimate of drug-likeness (QED) is 0.569. The summed E-state index contributed by atoms with van der Waals surface area (Å²) in [6.45, 7) is 20.4. The molecule has 0 unspecified atom stereocenters. The molecule has 0 bridgehead atoms. The van der Waals surface area contributed by atoms with Crippen molar-refractivity contribution >= 4 is 48.9 Å². The molecule has 0 aliphatic heterocycles. The van der Waals surface area contributed by atoms with Crippen molar-refractivity contribution in [2.45, 2.75) is 63.9 Å². The summed E-state index contributed by atoms with van der Waals surface area (Å²) in [5, 5.41) is 0. The van der Waals surface area contributed by atoms with Crippen molar-refractivity contribution in [1.29, 1.82) is 0 Å². The summed E-state index contributed by atoms with van der Waals surface area (Å²) in [7, 11) is 0.361. The Morgan fingerprint density at radius 3 is 0.429 bits per heavy atom. The third-order valence-electron chi connectivity index (χ3n) is 0. The van der Waals surface area contributed by atoms with Crippen LogP contribution in [0.25, 0.3) is 0 Å². The van der Waals surface area contributed by atoms with Gasteiger partial charge in [0.2, 0.25) is 0 Å². The molecule has 4 heteroatoms. The second kappa shape index (κ2) is 23.9. The first-order valence-corrected chi connectivity index (χ1v) is 16.9. The van der Waals surface area contributed by atoms with Gasteiger partial charge >= 0.3 is 27.5 Å². The van der Waals surface area contributed by atoms with Gasteiger partial charge in [0, 0.05) is 26.4 Å². The van der Waals surface area contributed by atoms with Gasteiger partial charge in [0.05, 0.1) is 0 Å². The summed E-state index contributed by atoms with van der Waals surface area (Å²) in [6.07, 6.45) is 0. The van der Waals surface area contributed by atoms with Crippen LogP contribution < -0.4 is 0 Å². The van der Waals surface area contributed by atoms with Crippen molar-refractivity contribution < 1.29 is 0 Å². The van der Waals surface area contributed by atoms with E-state index < -0.39 is 0 Å². The minimum atomic E-state index is 0.120. The van der Waals surface area contributed by atoms with E-state index in [0.717, 1.165) is 0 Å². The summed E-state index contributed by atoms with van der Waals surface area (Å²) >= 11 is 1.55. The van der Waals surface area contributed by atoms with Gasteiger partial charge in [0.25, 0.3) is 0 Å². The van der Waals surface area contributed by atoms with Crippen LogP contribution in [0.5, 0.6) is 0 Å². The number of hydrogen-bond acceptors (Lipinski definition) is 0. The Morgan fingerprint density at radius 1 is 0.429 bits per heavy atom. The normalized spacial score (nSPS) is 8.14. The molecule has 0 nitrogen and oxygen atoms in total. The summed E-state index contributed by atoms with van der Waals surface area (Å²) < 4.78 is 0. The standard InChI is InChI=1S/3C3H9Si.CH3.Sn/c3*1-4(2)3;;/h3*1-3H3;1H3;. The van der Waals surface area contributed by atoms with Gasteiger partial charge in [0.15, 0.2) is 0 Å². The zero-order chi connectivity index (χ0) is 12.7. The molecule has 0 saturated heterocycles. The maximum atomic E-state index is 2.27. The molecule has 0 heterocycles. The molecule has 0 aromatic rings. The molecule has 14 heavy (non-hydrogen) atoms. The SMILES string of the molecule is C[Si](C)C.C[Si](C)C.C[Si](C)C.[CH3][Sn]. The van der Waals surface area contributed by atoms with Crippen LogP contribution in [0.1, 0.15) is 0 Å². The first-order chi connectivity index (χ1) is 6.20. The van der Waals surface area contributed by atoms with Gasteiger partial charge in [-0.15, -0.1) is 0 Å². The van der Waals surface area contributed by atoms with Crippen molar-refractivity contribution in [2.75, 3.05) is 0 Å². The minimum absolute atomic E-state index is 0.120. The van der Waals surface area contributed by atoms with Crippen molar-refractivity contribution in [3.8, 4) is 0 Å². The molecule has 86 valence electrons. The van der Waals surface area contributed by atoms with E-state index in [2.05, 4.69) is 63.9 Å². The van der Waals surface area contributed by atoms with E-state index in [1.54, 1.807) is 22.5 Å². The van der Waals surface area contributed by atoms with Crippen LogP contribution in [0.15, 0.2) is 0 Å². The first kappa shape index (κ1) is 24.6. The van der Waals surface area contributed by atoms with Crippen LogP contribution in [0.3, 0.4) is 0 Å². The summed E-state index contributed by atoms with van der Waals surface area (Å²) in [4.78, 5) is 2.09. The van der Waals surface area contributed by atoms with Crippen molar-refractivity contribution in [3.05, 3.63) is 0 Å². The zero-order valence-corrected chi connectivity index (χ0v) is 17.9. The van der Waals surface area contributed by atoms with E-state index in [4.69, 9.17) is 0 Å². The van der Waals surface area contributed by atoms with Crippen molar-refractivity contribution in [1.82, 2.24) is 0 Å². The molecule has 0 spiro atoms. The third kappa shape index (κ3) is 992. The monoisotopic (exact) mass is 354 g/mol.